The fourth-order valence-electron chi connectivity index (χ4n) is 3.17. The molecule has 0 spiro atoms. The Morgan fingerprint density at radius 1 is 1.46 bits per heavy atom. The molecule has 1 atom stereocenters. The van der Waals surface area contributed by atoms with E-state index in [1.54, 1.807) is 22.2 Å². The number of nitrogens with zero attached hydrogens (tertiary/aromatic N) is 3. The van der Waals surface area contributed by atoms with E-state index in [-0.39, 0.29) is 18.4 Å². The molecule has 4 heterocycles. The van der Waals surface area contributed by atoms with Gasteiger partial charge in [-0.2, -0.15) is 5.10 Å². The second-order valence-corrected chi connectivity index (χ2v) is 6.89. The maximum atomic E-state index is 12.3. The van der Waals surface area contributed by atoms with Crippen molar-refractivity contribution in [3.05, 3.63) is 51.8 Å². The number of thiophene rings is 1. The quantitative estimate of drug-likeness (QED) is 0.684. The first-order valence-corrected chi connectivity index (χ1v) is 9.01. The van der Waals surface area contributed by atoms with Crippen LogP contribution in [0.15, 0.2) is 35.8 Å². The van der Waals surface area contributed by atoms with Crippen LogP contribution >= 0.6 is 11.3 Å². The molecule has 2 N–H and O–H groups in total. The first-order valence-electron chi connectivity index (χ1n) is 8.13. The smallest absolute Gasteiger partial charge is 0.226 e. The Bertz CT molecular complexity index is 1030. The number of anilines is 1. The number of fused-ring (bicyclic) bond motifs is 1. The van der Waals surface area contributed by atoms with Crippen LogP contribution in [0.4, 0.5) is 5.82 Å². The van der Waals surface area contributed by atoms with Gasteiger partial charge in [0.2, 0.25) is 5.91 Å². The van der Waals surface area contributed by atoms with Crippen LogP contribution in [0.3, 0.4) is 0 Å². The lowest BCUT2D eigenvalue weighted by Gasteiger charge is -2.23. The largest absolute Gasteiger partial charge is 0.384 e. The second-order valence-electron chi connectivity index (χ2n) is 5.95. The highest BCUT2D eigenvalue weighted by atomic mass is 32.1. The van der Waals surface area contributed by atoms with Gasteiger partial charge < -0.3 is 10.4 Å². The Balaban J connectivity index is 1.84. The van der Waals surface area contributed by atoms with Crippen molar-refractivity contribution in [2.24, 2.45) is 7.05 Å². The molecule has 3 aromatic rings. The van der Waals surface area contributed by atoms with Gasteiger partial charge in [0, 0.05) is 47.0 Å². The molecular formula is C19H16N4O2S. The van der Waals surface area contributed by atoms with Gasteiger partial charge in [-0.1, -0.05) is 17.9 Å². The van der Waals surface area contributed by atoms with Crippen LogP contribution < -0.4 is 5.32 Å². The van der Waals surface area contributed by atoms with Crippen molar-refractivity contribution in [2.45, 2.75) is 12.3 Å². The lowest BCUT2D eigenvalue weighted by Crippen LogP contribution is -2.24. The fraction of sp³-hybridized carbons (Fsp3) is 0.211. The predicted octanol–water partition coefficient (Wildman–Crippen LogP) is 2.36. The highest BCUT2D eigenvalue weighted by Gasteiger charge is 2.34. The standard InChI is InChI=1S/C19H16N4O2S/c1-23-19-17(18(22-23)14-6-2-3-7-20-14)13(10-16(25)21-19)15-9-12(11-26-15)5-4-8-24/h2-3,6-7,9,11,13,24H,8,10H2,1H3,(H,21,25). The Hall–Kier alpha value is -2.95. The van der Waals surface area contributed by atoms with Gasteiger partial charge in [-0.15, -0.1) is 11.3 Å². The number of aryl methyl sites for hydroxylation is 1. The Morgan fingerprint density at radius 2 is 2.35 bits per heavy atom. The molecule has 4 rings (SSSR count). The van der Waals surface area contributed by atoms with Crippen LogP contribution in [0, 0.1) is 11.8 Å². The highest BCUT2D eigenvalue weighted by Crippen LogP contribution is 2.43. The summed E-state index contributed by atoms with van der Waals surface area (Å²) in [4.78, 5) is 17.7. The van der Waals surface area contributed by atoms with Crippen LogP contribution in [0.1, 0.15) is 28.3 Å². The molecule has 6 nitrogen and oxygen atoms in total. The summed E-state index contributed by atoms with van der Waals surface area (Å²) in [5.41, 5.74) is 3.39. The first kappa shape index (κ1) is 16.5. The topological polar surface area (TPSA) is 80.0 Å². The summed E-state index contributed by atoms with van der Waals surface area (Å²) in [6.45, 7) is -0.173. The average molecular weight is 364 g/mol. The number of pyridine rings is 1. The maximum Gasteiger partial charge on any atom is 0.226 e. The number of carbonyl (C=O) groups excluding carboxylic acids is 1. The van der Waals surface area contributed by atoms with Gasteiger partial charge in [-0.3, -0.25) is 14.5 Å². The summed E-state index contributed by atoms with van der Waals surface area (Å²) in [6, 6.07) is 7.69. The number of amides is 1. The molecule has 0 fully saturated rings. The molecule has 0 aromatic carbocycles. The number of carbonyl (C=O) groups is 1. The molecule has 0 saturated carbocycles. The summed E-state index contributed by atoms with van der Waals surface area (Å²) in [5.74, 6) is 6.15. The number of aliphatic hydroxyl groups is 1. The van der Waals surface area contributed by atoms with E-state index in [0.717, 1.165) is 27.4 Å². The predicted molar refractivity (Wildman–Crippen MR) is 99.8 cm³/mol. The van der Waals surface area contributed by atoms with E-state index in [1.807, 2.05) is 36.7 Å². The molecule has 0 aliphatic carbocycles. The monoisotopic (exact) mass is 364 g/mol. The minimum Gasteiger partial charge on any atom is -0.384 e. The number of rotatable bonds is 2. The van der Waals surface area contributed by atoms with Crippen LogP contribution in [0.2, 0.25) is 0 Å². The summed E-state index contributed by atoms with van der Waals surface area (Å²) in [6.07, 6.45) is 2.09. The van der Waals surface area contributed by atoms with E-state index in [0.29, 0.717) is 12.2 Å². The van der Waals surface area contributed by atoms with Crippen molar-refractivity contribution in [1.29, 1.82) is 0 Å². The zero-order chi connectivity index (χ0) is 18.1. The van der Waals surface area contributed by atoms with Crippen LogP contribution in [-0.2, 0) is 11.8 Å². The normalized spacial score (nSPS) is 15.8. The number of hydrogen-bond acceptors (Lipinski definition) is 5. The van der Waals surface area contributed by atoms with Gasteiger partial charge in [0.15, 0.2) is 0 Å². The van der Waals surface area contributed by atoms with Crippen molar-refractivity contribution < 1.29 is 9.90 Å². The molecule has 7 heteroatoms. The van der Waals surface area contributed by atoms with Gasteiger partial charge in [0.1, 0.15) is 18.1 Å². The van der Waals surface area contributed by atoms with Gasteiger partial charge >= 0.3 is 0 Å². The summed E-state index contributed by atoms with van der Waals surface area (Å²) in [7, 11) is 1.82. The van der Waals surface area contributed by atoms with Gasteiger partial charge in [-0.25, -0.2) is 0 Å². The van der Waals surface area contributed by atoms with Crippen molar-refractivity contribution in [1.82, 2.24) is 14.8 Å². The molecule has 1 unspecified atom stereocenters. The van der Waals surface area contributed by atoms with E-state index in [4.69, 9.17) is 5.11 Å². The zero-order valence-corrected chi connectivity index (χ0v) is 14.9. The molecule has 3 aromatic heterocycles. The summed E-state index contributed by atoms with van der Waals surface area (Å²) in [5, 5.41) is 18.4. The zero-order valence-electron chi connectivity index (χ0n) is 14.1. The van der Waals surface area contributed by atoms with Gasteiger partial charge in [0.05, 0.1) is 5.69 Å². The second kappa shape index (κ2) is 6.75. The third-order valence-electron chi connectivity index (χ3n) is 4.26. The molecule has 0 saturated heterocycles. The average Bonchev–Trinajstić information content (AvgIpc) is 3.25. The first-order chi connectivity index (χ1) is 12.7. The maximum absolute atomic E-state index is 12.3. The number of aromatic nitrogens is 3. The van der Waals surface area contributed by atoms with Gasteiger partial charge in [0.25, 0.3) is 0 Å². The lowest BCUT2D eigenvalue weighted by atomic mass is 9.89. The van der Waals surface area contributed by atoms with E-state index in [9.17, 15) is 4.79 Å². The van der Waals surface area contributed by atoms with E-state index in [1.165, 1.54) is 0 Å². The summed E-state index contributed by atoms with van der Waals surface area (Å²) >= 11 is 1.56. The van der Waals surface area contributed by atoms with Gasteiger partial charge in [-0.05, 0) is 18.2 Å². The Kier molecular flexibility index (Phi) is 4.29. The van der Waals surface area contributed by atoms with Crippen molar-refractivity contribution in [3.63, 3.8) is 0 Å². The fourth-order valence-corrected chi connectivity index (χ4v) is 4.12. The number of nitrogens with one attached hydrogen (secondary N) is 1. The summed E-state index contributed by atoms with van der Waals surface area (Å²) < 4.78 is 1.70. The van der Waals surface area contributed by atoms with Crippen molar-refractivity contribution >= 4 is 23.1 Å². The van der Waals surface area contributed by atoms with E-state index in [2.05, 4.69) is 27.2 Å². The molecule has 1 amide bonds. The number of aliphatic hydroxyl groups excluding tert-OH is 1. The lowest BCUT2D eigenvalue weighted by molar-refractivity contribution is -0.116. The minimum atomic E-state index is -0.173. The van der Waals surface area contributed by atoms with Crippen LogP contribution in [0.25, 0.3) is 11.4 Å². The number of hydrogen-bond donors (Lipinski definition) is 2. The third kappa shape index (κ3) is 2.90. The van der Waals surface area contributed by atoms with Crippen molar-refractivity contribution in [3.8, 4) is 23.2 Å². The Labute approximate surface area is 154 Å². The molecule has 130 valence electrons. The van der Waals surface area contributed by atoms with Crippen LogP contribution in [0.5, 0.6) is 0 Å². The third-order valence-corrected chi connectivity index (χ3v) is 5.31. The van der Waals surface area contributed by atoms with Crippen LogP contribution in [-0.4, -0.2) is 32.4 Å². The molecular weight excluding hydrogens is 348 g/mol. The molecule has 0 radical (unpaired) electrons. The molecule has 1 aliphatic heterocycles. The highest BCUT2D eigenvalue weighted by molar-refractivity contribution is 7.10. The van der Waals surface area contributed by atoms with E-state index < -0.39 is 0 Å². The Morgan fingerprint density at radius 3 is 3.12 bits per heavy atom. The minimum absolute atomic E-state index is 0.0329. The van der Waals surface area contributed by atoms with Crippen molar-refractivity contribution in [2.75, 3.05) is 11.9 Å². The molecule has 0 bridgehead atoms. The molecule has 1 aliphatic rings. The SMILES string of the molecule is Cn1nc(-c2ccccn2)c2c1NC(=O)CC2c1cc(C#CCO)cs1. The van der Waals surface area contributed by atoms with E-state index >= 15 is 0 Å². The molecule has 26 heavy (non-hydrogen) atoms.